The molecular weight excluding hydrogens is 428 g/mol. The largest absolute Gasteiger partial charge is 0.388 e. The predicted octanol–water partition coefficient (Wildman–Crippen LogP) is 4.96. The quantitative estimate of drug-likeness (QED) is 0.438. The zero-order valence-electron chi connectivity index (χ0n) is 18.0. The summed E-state index contributed by atoms with van der Waals surface area (Å²) in [4.78, 5) is 6.49. The second-order valence-electron chi connectivity index (χ2n) is 8.64. The Balaban J connectivity index is 1.33. The number of aliphatic hydroxyl groups excluding tert-OH is 1. The Kier molecular flexibility index (Phi) is 7.12. The van der Waals surface area contributed by atoms with E-state index in [-0.39, 0.29) is 5.92 Å². The first-order chi connectivity index (χ1) is 14.9. The number of aliphatic hydroxyl groups is 1. The average Bonchev–Trinajstić information content (AvgIpc) is 3.14. The number of rotatable bonds is 5. The molecule has 3 heterocycles. The Morgan fingerprint density at radius 1 is 1.23 bits per heavy atom. The van der Waals surface area contributed by atoms with Gasteiger partial charge in [0.1, 0.15) is 11.7 Å². The third-order valence-electron chi connectivity index (χ3n) is 6.45. The maximum Gasteiger partial charge on any atom is 0.134 e. The van der Waals surface area contributed by atoms with Crippen LogP contribution in [0.3, 0.4) is 0 Å². The summed E-state index contributed by atoms with van der Waals surface area (Å²) in [6, 6.07) is 10.0. The van der Waals surface area contributed by atoms with Gasteiger partial charge in [-0.2, -0.15) is 0 Å². The van der Waals surface area contributed by atoms with E-state index >= 15 is 0 Å². The van der Waals surface area contributed by atoms with Crippen molar-refractivity contribution in [2.75, 3.05) is 26.2 Å². The number of hydrogen-bond acceptors (Lipinski definition) is 5. The fourth-order valence-corrected chi connectivity index (χ4v) is 5.80. The molecule has 0 radical (unpaired) electrons. The molecule has 5 nitrogen and oxygen atoms in total. The van der Waals surface area contributed by atoms with Crippen molar-refractivity contribution in [1.82, 2.24) is 9.80 Å². The molecule has 166 valence electrons. The summed E-state index contributed by atoms with van der Waals surface area (Å²) in [5.74, 6) is 1.24. The number of thiophene rings is 1. The van der Waals surface area contributed by atoms with Crippen molar-refractivity contribution in [2.45, 2.75) is 45.1 Å². The van der Waals surface area contributed by atoms with Crippen molar-refractivity contribution in [1.29, 1.82) is 10.8 Å². The lowest BCUT2D eigenvalue weighted by atomic mass is 9.94. The maximum absolute atomic E-state index is 9.94. The number of likely N-dealkylation sites (tertiary alicyclic amines) is 1. The number of amidine groups is 2. The van der Waals surface area contributed by atoms with Crippen LogP contribution in [0.2, 0.25) is 5.02 Å². The van der Waals surface area contributed by atoms with Gasteiger partial charge in [-0.15, -0.1) is 11.3 Å². The van der Waals surface area contributed by atoms with E-state index in [1.807, 2.05) is 23.1 Å². The van der Waals surface area contributed by atoms with Gasteiger partial charge in [-0.3, -0.25) is 10.8 Å². The van der Waals surface area contributed by atoms with Crippen molar-refractivity contribution in [2.24, 2.45) is 5.92 Å². The number of hydrogen-bond donors (Lipinski definition) is 3. The first kappa shape index (κ1) is 22.5. The van der Waals surface area contributed by atoms with Gasteiger partial charge >= 0.3 is 0 Å². The average molecular weight is 459 g/mol. The molecule has 2 aromatic rings. The summed E-state index contributed by atoms with van der Waals surface area (Å²) >= 11 is 7.59. The van der Waals surface area contributed by atoms with E-state index in [1.54, 1.807) is 18.3 Å². The highest BCUT2D eigenvalue weighted by Crippen LogP contribution is 2.32. The normalized spacial score (nSPS) is 19.2. The molecule has 1 aromatic carbocycles. The van der Waals surface area contributed by atoms with Crippen LogP contribution < -0.4 is 0 Å². The number of nitrogens with zero attached hydrogens (tertiary/aromatic N) is 2. The Labute approximate surface area is 193 Å². The number of nitrogens with one attached hydrogen (secondary N) is 2. The maximum atomic E-state index is 9.94. The minimum absolute atomic E-state index is 0.212. The topological polar surface area (TPSA) is 74.4 Å². The van der Waals surface area contributed by atoms with Crippen LogP contribution in [0.5, 0.6) is 0 Å². The first-order valence-corrected chi connectivity index (χ1v) is 12.3. The van der Waals surface area contributed by atoms with Crippen molar-refractivity contribution in [3.8, 4) is 0 Å². The Morgan fingerprint density at radius 3 is 2.61 bits per heavy atom. The smallest absolute Gasteiger partial charge is 0.134 e. The molecular formula is C24H31ClN4OS. The lowest BCUT2D eigenvalue weighted by Gasteiger charge is -2.35. The van der Waals surface area contributed by atoms with Crippen LogP contribution in [-0.2, 0) is 12.8 Å². The fraction of sp³-hybridized carbons (Fsp3) is 0.500. The molecule has 2 aliphatic rings. The van der Waals surface area contributed by atoms with Crippen molar-refractivity contribution in [3.05, 3.63) is 56.2 Å². The van der Waals surface area contributed by atoms with E-state index in [4.69, 9.17) is 22.4 Å². The van der Waals surface area contributed by atoms with E-state index in [0.29, 0.717) is 11.7 Å². The minimum Gasteiger partial charge on any atom is -0.388 e. The van der Waals surface area contributed by atoms with E-state index in [1.165, 1.54) is 10.4 Å². The zero-order chi connectivity index (χ0) is 22.0. The molecule has 4 rings (SSSR count). The van der Waals surface area contributed by atoms with Gasteiger partial charge in [0.25, 0.3) is 0 Å². The molecule has 1 unspecified atom stereocenters. The van der Waals surface area contributed by atoms with Gasteiger partial charge in [0, 0.05) is 39.3 Å². The second-order valence-corrected chi connectivity index (χ2v) is 10.2. The van der Waals surface area contributed by atoms with Gasteiger partial charge in [-0.25, -0.2) is 0 Å². The summed E-state index contributed by atoms with van der Waals surface area (Å²) in [6.45, 7) is 5.53. The van der Waals surface area contributed by atoms with Crippen LogP contribution in [0.1, 0.15) is 53.2 Å². The third-order valence-corrected chi connectivity index (χ3v) is 8.06. The number of halogens is 1. The standard InChI is InChI=1S/C24H31ClN4OS/c1-16(30)22-15-20-21(31-22)3-2-11-29(24(20)27)23(26)18-9-13-28(14-10-18)12-8-17-4-6-19(25)7-5-17/h4-7,15-16,18,26-27,30H,2-3,8-14H2,1H3. The predicted molar refractivity (Wildman–Crippen MR) is 129 cm³/mol. The molecule has 0 saturated carbocycles. The SMILES string of the molecule is CC(O)c1cc2c(s1)CCCN(C(=N)C1CCN(CCc3ccc(Cl)cc3)CC1)C2=N. The summed E-state index contributed by atoms with van der Waals surface area (Å²) in [7, 11) is 0. The number of benzene rings is 1. The lowest BCUT2D eigenvalue weighted by molar-refractivity contribution is 0.203. The van der Waals surface area contributed by atoms with Gasteiger partial charge in [0.2, 0.25) is 0 Å². The molecule has 0 amide bonds. The van der Waals surface area contributed by atoms with Crippen molar-refractivity contribution in [3.63, 3.8) is 0 Å². The Bertz CT molecular complexity index is 932. The van der Waals surface area contributed by atoms with Crippen LogP contribution in [0.4, 0.5) is 0 Å². The molecule has 7 heteroatoms. The van der Waals surface area contributed by atoms with Gasteiger partial charge in [-0.1, -0.05) is 23.7 Å². The van der Waals surface area contributed by atoms with Crippen LogP contribution in [0.25, 0.3) is 0 Å². The van der Waals surface area contributed by atoms with Crippen molar-refractivity contribution >= 4 is 34.6 Å². The minimum atomic E-state index is -0.505. The van der Waals surface area contributed by atoms with E-state index < -0.39 is 6.10 Å². The van der Waals surface area contributed by atoms with Gasteiger partial charge in [0.15, 0.2) is 0 Å². The van der Waals surface area contributed by atoms with Crippen LogP contribution in [-0.4, -0.2) is 52.8 Å². The van der Waals surface area contributed by atoms with Gasteiger partial charge < -0.3 is 14.9 Å². The molecule has 0 spiro atoms. The van der Waals surface area contributed by atoms with Gasteiger partial charge in [-0.05, 0) is 75.9 Å². The number of aryl methyl sites for hydroxylation is 1. The molecule has 1 fully saturated rings. The molecule has 1 atom stereocenters. The Hall–Kier alpha value is -1.73. The highest BCUT2D eigenvalue weighted by Gasteiger charge is 2.30. The molecule has 1 saturated heterocycles. The van der Waals surface area contributed by atoms with E-state index in [0.717, 1.165) is 73.7 Å². The summed E-state index contributed by atoms with van der Waals surface area (Å²) in [5, 5.41) is 28.4. The summed E-state index contributed by atoms with van der Waals surface area (Å²) in [5.41, 5.74) is 2.21. The van der Waals surface area contributed by atoms with Gasteiger partial charge in [0.05, 0.1) is 6.10 Å². The molecule has 3 N–H and O–H groups in total. The number of fused-ring (bicyclic) bond motifs is 1. The second kappa shape index (κ2) is 9.82. The highest BCUT2D eigenvalue weighted by atomic mass is 35.5. The van der Waals surface area contributed by atoms with E-state index in [9.17, 15) is 5.11 Å². The lowest BCUT2D eigenvalue weighted by Crippen LogP contribution is -2.45. The molecule has 0 bridgehead atoms. The monoisotopic (exact) mass is 458 g/mol. The molecule has 0 aliphatic carbocycles. The van der Waals surface area contributed by atoms with Crippen LogP contribution in [0.15, 0.2) is 30.3 Å². The third kappa shape index (κ3) is 5.20. The van der Waals surface area contributed by atoms with Crippen LogP contribution >= 0.6 is 22.9 Å². The fourth-order valence-electron chi connectivity index (χ4n) is 4.53. The van der Waals surface area contributed by atoms with Crippen molar-refractivity contribution < 1.29 is 5.11 Å². The molecule has 2 aliphatic heterocycles. The summed E-state index contributed by atoms with van der Waals surface area (Å²) < 4.78 is 0. The van der Waals surface area contributed by atoms with E-state index in [2.05, 4.69) is 17.0 Å². The zero-order valence-corrected chi connectivity index (χ0v) is 19.6. The molecule has 1 aromatic heterocycles. The highest BCUT2D eigenvalue weighted by molar-refractivity contribution is 7.12. The Morgan fingerprint density at radius 2 is 1.94 bits per heavy atom. The summed E-state index contributed by atoms with van der Waals surface area (Å²) in [6.07, 6.45) is 4.31. The molecule has 31 heavy (non-hydrogen) atoms. The number of piperidine rings is 1. The van der Waals surface area contributed by atoms with Crippen LogP contribution in [0, 0.1) is 16.7 Å². The first-order valence-electron chi connectivity index (χ1n) is 11.1.